The molecule has 0 aromatic heterocycles. The molecule has 0 fully saturated rings. The highest BCUT2D eigenvalue weighted by Crippen LogP contribution is 2.16. The first-order valence-electron chi connectivity index (χ1n) is 6.98. The zero-order valence-electron chi connectivity index (χ0n) is 13.0. The molecule has 2 aromatic rings. The summed E-state index contributed by atoms with van der Waals surface area (Å²) in [5.41, 5.74) is 0.882. The Balaban J connectivity index is 2.10. The molecule has 0 aliphatic carbocycles. The lowest BCUT2D eigenvalue weighted by Gasteiger charge is -2.11. The summed E-state index contributed by atoms with van der Waals surface area (Å²) in [6, 6.07) is 11.3. The third-order valence-electron chi connectivity index (χ3n) is 2.96. The van der Waals surface area contributed by atoms with Crippen molar-refractivity contribution < 1.29 is 13.2 Å². The summed E-state index contributed by atoms with van der Waals surface area (Å²) in [5.74, 6) is 0. The number of amides is 2. The van der Waals surface area contributed by atoms with Gasteiger partial charge in [0, 0.05) is 23.4 Å². The minimum Gasteiger partial charge on any atom is -0.366 e. The van der Waals surface area contributed by atoms with Crippen LogP contribution in [0.15, 0.2) is 53.4 Å². The summed E-state index contributed by atoms with van der Waals surface area (Å²) in [7, 11) is -2.41. The SMILES string of the molecule is CNC(=S)Nc1cccc(S(=O)(=O)NC(=O)Nc2ccc(Cl)cc2)c1. The molecule has 0 saturated carbocycles. The quantitative estimate of drug-likeness (QED) is 0.591. The Bertz CT molecular complexity index is 886. The van der Waals surface area contributed by atoms with E-state index in [9.17, 15) is 13.2 Å². The topological polar surface area (TPSA) is 99.3 Å². The summed E-state index contributed by atoms with van der Waals surface area (Å²) in [6.45, 7) is 0. The monoisotopic (exact) mass is 398 g/mol. The van der Waals surface area contributed by atoms with E-state index in [4.69, 9.17) is 23.8 Å². The smallest absolute Gasteiger partial charge is 0.333 e. The van der Waals surface area contributed by atoms with E-state index in [1.54, 1.807) is 37.4 Å². The number of rotatable bonds is 4. The highest BCUT2D eigenvalue weighted by atomic mass is 35.5. The predicted octanol–water partition coefficient (Wildman–Crippen LogP) is 2.77. The third kappa shape index (κ3) is 5.59. The first kappa shape index (κ1) is 19.0. The average molecular weight is 399 g/mol. The first-order chi connectivity index (χ1) is 11.8. The lowest BCUT2D eigenvalue weighted by molar-refractivity contribution is 0.256. The van der Waals surface area contributed by atoms with E-state index >= 15 is 0 Å². The van der Waals surface area contributed by atoms with E-state index in [2.05, 4.69) is 16.0 Å². The van der Waals surface area contributed by atoms with Gasteiger partial charge in [-0.05, 0) is 54.7 Å². The van der Waals surface area contributed by atoms with Crippen LogP contribution in [0.5, 0.6) is 0 Å². The number of hydrogen-bond donors (Lipinski definition) is 4. The van der Waals surface area contributed by atoms with Crippen LogP contribution in [-0.2, 0) is 10.0 Å². The molecule has 2 amide bonds. The van der Waals surface area contributed by atoms with Crippen molar-refractivity contribution in [2.75, 3.05) is 17.7 Å². The van der Waals surface area contributed by atoms with Crippen LogP contribution >= 0.6 is 23.8 Å². The molecule has 2 rings (SSSR count). The molecule has 132 valence electrons. The van der Waals surface area contributed by atoms with Crippen LogP contribution in [0.2, 0.25) is 5.02 Å². The maximum Gasteiger partial charge on any atom is 0.333 e. The van der Waals surface area contributed by atoms with Crippen molar-refractivity contribution in [3.05, 3.63) is 53.6 Å². The molecule has 0 heterocycles. The van der Waals surface area contributed by atoms with Gasteiger partial charge < -0.3 is 16.0 Å². The molecular weight excluding hydrogens is 384 g/mol. The van der Waals surface area contributed by atoms with Crippen molar-refractivity contribution in [2.45, 2.75) is 4.90 Å². The fraction of sp³-hybridized carbons (Fsp3) is 0.0667. The number of thiocarbonyl (C=S) groups is 1. The highest BCUT2D eigenvalue weighted by molar-refractivity contribution is 7.90. The molecule has 0 spiro atoms. The fourth-order valence-corrected chi connectivity index (χ4v) is 3.00. The molecule has 7 nitrogen and oxygen atoms in total. The molecule has 0 saturated heterocycles. The molecule has 0 aliphatic rings. The molecule has 4 N–H and O–H groups in total. The number of benzene rings is 2. The minimum absolute atomic E-state index is 0.0809. The third-order valence-corrected chi connectivity index (χ3v) is 4.85. The molecule has 0 unspecified atom stereocenters. The fourth-order valence-electron chi connectivity index (χ4n) is 1.81. The van der Waals surface area contributed by atoms with E-state index < -0.39 is 16.1 Å². The Morgan fingerprint density at radius 2 is 1.72 bits per heavy atom. The van der Waals surface area contributed by atoms with Gasteiger partial charge in [0.15, 0.2) is 5.11 Å². The minimum atomic E-state index is -4.04. The zero-order chi connectivity index (χ0) is 18.4. The number of anilines is 2. The van der Waals surface area contributed by atoms with Crippen LogP contribution in [0.4, 0.5) is 16.2 Å². The van der Waals surface area contributed by atoms with Crippen molar-refractivity contribution in [1.29, 1.82) is 0 Å². The second-order valence-electron chi connectivity index (χ2n) is 4.80. The van der Waals surface area contributed by atoms with Crippen LogP contribution in [0.1, 0.15) is 0 Å². The number of carbonyl (C=O) groups is 1. The summed E-state index contributed by atoms with van der Waals surface area (Å²) in [4.78, 5) is 11.8. The van der Waals surface area contributed by atoms with E-state index in [1.165, 1.54) is 18.2 Å². The van der Waals surface area contributed by atoms with Gasteiger partial charge in [0.2, 0.25) is 0 Å². The number of urea groups is 1. The van der Waals surface area contributed by atoms with Gasteiger partial charge in [-0.25, -0.2) is 17.9 Å². The Labute approximate surface area is 155 Å². The van der Waals surface area contributed by atoms with E-state index in [1.807, 2.05) is 4.72 Å². The van der Waals surface area contributed by atoms with Crippen LogP contribution in [0, 0.1) is 0 Å². The number of halogens is 1. The maximum atomic E-state index is 12.3. The average Bonchev–Trinajstić information content (AvgIpc) is 2.56. The van der Waals surface area contributed by atoms with Crippen molar-refractivity contribution in [2.24, 2.45) is 0 Å². The van der Waals surface area contributed by atoms with E-state index in [0.29, 0.717) is 21.5 Å². The summed E-state index contributed by atoms with van der Waals surface area (Å²) < 4.78 is 26.6. The van der Waals surface area contributed by atoms with Crippen LogP contribution < -0.4 is 20.7 Å². The van der Waals surface area contributed by atoms with Gasteiger partial charge in [0.25, 0.3) is 10.0 Å². The van der Waals surface area contributed by atoms with E-state index in [0.717, 1.165) is 0 Å². The molecule has 2 aromatic carbocycles. The molecule has 0 atom stereocenters. The van der Waals surface area contributed by atoms with Gasteiger partial charge in [-0.2, -0.15) is 0 Å². The predicted molar refractivity (Wildman–Crippen MR) is 103 cm³/mol. The van der Waals surface area contributed by atoms with Crippen molar-refractivity contribution in [1.82, 2.24) is 10.0 Å². The molecule has 0 bridgehead atoms. The van der Waals surface area contributed by atoms with Crippen LogP contribution in [-0.4, -0.2) is 26.6 Å². The molecule has 25 heavy (non-hydrogen) atoms. The lowest BCUT2D eigenvalue weighted by atomic mass is 10.3. The maximum absolute atomic E-state index is 12.3. The second-order valence-corrected chi connectivity index (χ2v) is 7.33. The number of sulfonamides is 1. The molecule has 0 aliphatic heterocycles. The molecule has 0 radical (unpaired) electrons. The lowest BCUT2D eigenvalue weighted by Crippen LogP contribution is -2.34. The molecular formula is C15H15ClN4O3S2. The standard InChI is InChI=1S/C15H15ClN4O3S2/c1-17-15(24)19-12-3-2-4-13(9-12)25(22,23)20-14(21)18-11-7-5-10(16)6-8-11/h2-9H,1H3,(H2,17,19,24)(H2,18,20,21). The molecule has 10 heteroatoms. The van der Waals surface area contributed by atoms with Gasteiger partial charge in [0.05, 0.1) is 4.90 Å². The van der Waals surface area contributed by atoms with Crippen molar-refractivity contribution in [3.63, 3.8) is 0 Å². The summed E-state index contributed by atoms with van der Waals surface area (Å²) >= 11 is 10.7. The highest BCUT2D eigenvalue weighted by Gasteiger charge is 2.18. The zero-order valence-corrected chi connectivity index (χ0v) is 15.4. The summed E-state index contributed by atoms with van der Waals surface area (Å²) in [6.07, 6.45) is 0. The van der Waals surface area contributed by atoms with Gasteiger partial charge in [0.1, 0.15) is 0 Å². The Morgan fingerprint density at radius 3 is 2.36 bits per heavy atom. The number of nitrogens with one attached hydrogen (secondary N) is 4. The van der Waals surface area contributed by atoms with Gasteiger partial charge in [-0.15, -0.1) is 0 Å². The largest absolute Gasteiger partial charge is 0.366 e. The summed E-state index contributed by atoms with van der Waals surface area (Å²) in [5, 5.41) is 8.79. The van der Waals surface area contributed by atoms with E-state index in [-0.39, 0.29) is 4.90 Å². The van der Waals surface area contributed by atoms with Gasteiger partial charge in [-0.1, -0.05) is 17.7 Å². The normalized spacial score (nSPS) is 10.6. The van der Waals surface area contributed by atoms with Crippen LogP contribution in [0.3, 0.4) is 0 Å². The number of carbonyl (C=O) groups excluding carboxylic acids is 1. The second kappa shape index (κ2) is 8.15. The number of hydrogen-bond acceptors (Lipinski definition) is 4. The van der Waals surface area contributed by atoms with Crippen molar-refractivity contribution in [3.8, 4) is 0 Å². The van der Waals surface area contributed by atoms with Gasteiger partial charge >= 0.3 is 6.03 Å². The Morgan fingerprint density at radius 1 is 1.04 bits per heavy atom. The first-order valence-corrected chi connectivity index (χ1v) is 9.25. The Kier molecular flexibility index (Phi) is 6.18. The van der Waals surface area contributed by atoms with Crippen molar-refractivity contribution >= 4 is 56.4 Å². The van der Waals surface area contributed by atoms with Gasteiger partial charge in [-0.3, -0.25) is 0 Å². The van der Waals surface area contributed by atoms with Crippen LogP contribution in [0.25, 0.3) is 0 Å². The Hall–Kier alpha value is -2.36.